The molecule has 2 aromatic heterocycles. The van der Waals surface area contributed by atoms with Crippen molar-refractivity contribution in [3.63, 3.8) is 0 Å². The van der Waals surface area contributed by atoms with Crippen LogP contribution in [0, 0.1) is 0 Å². The number of aliphatic hydroxyl groups is 3. The van der Waals surface area contributed by atoms with E-state index in [1.807, 2.05) is 0 Å². The summed E-state index contributed by atoms with van der Waals surface area (Å²) in [6, 6.07) is 0. The van der Waals surface area contributed by atoms with Gasteiger partial charge in [0.25, 0.3) is 5.56 Å². The number of aromatic amines is 1. The topological polar surface area (TPSA) is 132 Å². The van der Waals surface area contributed by atoms with Crippen molar-refractivity contribution in [3.8, 4) is 0 Å². The van der Waals surface area contributed by atoms with E-state index in [0.29, 0.717) is 5.16 Å². The summed E-state index contributed by atoms with van der Waals surface area (Å²) in [5, 5.41) is 28.2. The minimum Gasteiger partial charge on any atom is -0.394 e. The highest BCUT2D eigenvalue weighted by Crippen LogP contribution is 2.15. The molecule has 0 spiro atoms. The van der Waals surface area contributed by atoms with Gasteiger partial charge in [0.1, 0.15) is 12.2 Å². The Bertz CT molecular complexity index is 647. The Hall–Kier alpha value is -1.55. The highest BCUT2D eigenvalue weighted by molar-refractivity contribution is 7.98. The Morgan fingerprint density at radius 3 is 2.79 bits per heavy atom. The third kappa shape index (κ3) is 2.73. The molecule has 19 heavy (non-hydrogen) atoms. The molecule has 2 atom stereocenters. The zero-order chi connectivity index (χ0) is 14.0. The maximum absolute atomic E-state index is 11.8. The molecule has 0 radical (unpaired) electrons. The predicted molar refractivity (Wildman–Crippen MR) is 67.8 cm³/mol. The average Bonchev–Trinajstić information content (AvgIpc) is 2.45. The maximum Gasteiger partial charge on any atom is 0.279 e. The minimum absolute atomic E-state index is 0.00162. The van der Waals surface area contributed by atoms with E-state index >= 15 is 0 Å². The molecule has 102 valence electrons. The number of fused-ring (bicyclic) bond motifs is 1. The first kappa shape index (κ1) is 13.9. The van der Waals surface area contributed by atoms with Crippen LogP contribution in [-0.2, 0) is 0 Å². The average molecular weight is 284 g/mol. The molecular weight excluding hydrogens is 272 g/mol. The van der Waals surface area contributed by atoms with Crippen LogP contribution in [0.4, 0.5) is 0 Å². The SMILES string of the molecule is CSc1nc2ncc([C@H](O)[C@H](O)CO)nc2c(=O)[nH]1. The molecule has 2 aromatic rings. The number of hydrogen-bond acceptors (Lipinski definition) is 8. The quantitative estimate of drug-likeness (QED) is 0.407. The van der Waals surface area contributed by atoms with Gasteiger partial charge in [-0.25, -0.2) is 15.0 Å². The predicted octanol–water partition coefficient (Wildman–Crippen LogP) is -1.18. The number of hydrogen-bond donors (Lipinski definition) is 4. The number of aliphatic hydroxyl groups excluding tert-OH is 3. The number of thioether (sulfide) groups is 1. The lowest BCUT2D eigenvalue weighted by atomic mass is 10.1. The number of aromatic nitrogens is 4. The van der Waals surface area contributed by atoms with E-state index in [1.54, 1.807) is 6.26 Å². The van der Waals surface area contributed by atoms with E-state index in [2.05, 4.69) is 19.9 Å². The third-order valence-electron chi connectivity index (χ3n) is 2.46. The summed E-state index contributed by atoms with van der Waals surface area (Å²) in [6.07, 6.45) is 0.168. The van der Waals surface area contributed by atoms with Gasteiger partial charge in [-0.05, 0) is 6.26 Å². The fourth-order valence-corrected chi connectivity index (χ4v) is 1.82. The van der Waals surface area contributed by atoms with E-state index in [-0.39, 0.29) is 16.9 Å². The van der Waals surface area contributed by atoms with Gasteiger partial charge in [-0.15, -0.1) is 0 Å². The van der Waals surface area contributed by atoms with Gasteiger partial charge in [0, 0.05) is 0 Å². The smallest absolute Gasteiger partial charge is 0.279 e. The first-order valence-electron chi connectivity index (χ1n) is 5.34. The second-order valence-corrected chi connectivity index (χ2v) is 4.53. The molecule has 0 fully saturated rings. The monoisotopic (exact) mass is 284 g/mol. The summed E-state index contributed by atoms with van der Waals surface area (Å²) in [5.74, 6) is 0. The number of rotatable bonds is 4. The molecule has 0 saturated heterocycles. The van der Waals surface area contributed by atoms with Crippen LogP contribution in [0.2, 0.25) is 0 Å². The van der Waals surface area contributed by atoms with Crippen LogP contribution in [0.3, 0.4) is 0 Å². The van der Waals surface area contributed by atoms with Crippen LogP contribution in [0.25, 0.3) is 11.2 Å². The second kappa shape index (κ2) is 5.61. The van der Waals surface area contributed by atoms with Crippen LogP contribution in [-0.4, -0.2) is 54.2 Å². The zero-order valence-electron chi connectivity index (χ0n) is 9.94. The molecule has 0 aliphatic carbocycles. The Morgan fingerprint density at radius 2 is 2.16 bits per heavy atom. The van der Waals surface area contributed by atoms with E-state index in [0.717, 1.165) is 0 Å². The van der Waals surface area contributed by atoms with Gasteiger partial charge in [0.15, 0.2) is 16.3 Å². The standard InChI is InChI=1S/C10H12N4O4S/c1-19-10-13-8-6(9(18)14-10)12-4(2-11-8)7(17)5(16)3-15/h2,5,7,15-17H,3H2,1H3,(H,11,13,14,18)/t5-,7+/m1/s1. The lowest BCUT2D eigenvalue weighted by Gasteiger charge is -2.14. The van der Waals surface area contributed by atoms with Crippen molar-refractivity contribution in [2.45, 2.75) is 17.4 Å². The summed E-state index contributed by atoms with van der Waals surface area (Å²) in [6.45, 7) is -0.624. The van der Waals surface area contributed by atoms with Crippen molar-refractivity contribution in [2.75, 3.05) is 12.9 Å². The first-order chi connectivity index (χ1) is 9.06. The van der Waals surface area contributed by atoms with E-state index in [4.69, 9.17) is 5.11 Å². The van der Waals surface area contributed by atoms with Gasteiger partial charge < -0.3 is 15.3 Å². The first-order valence-corrected chi connectivity index (χ1v) is 6.57. The molecule has 0 bridgehead atoms. The zero-order valence-corrected chi connectivity index (χ0v) is 10.8. The molecule has 2 heterocycles. The summed E-state index contributed by atoms with van der Waals surface area (Å²) in [4.78, 5) is 26.2. The Kier molecular flexibility index (Phi) is 4.10. The summed E-state index contributed by atoms with van der Waals surface area (Å²) < 4.78 is 0. The number of nitrogens with one attached hydrogen (secondary N) is 1. The van der Waals surface area contributed by atoms with Crippen molar-refractivity contribution in [1.82, 2.24) is 19.9 Å². The van der Waals surface area contributed by atoms with E-state index in [1.165, 1.54) is 18.0 Å². The molecule has 0 aromatic carbocycles. The second-order valence-electron chi connectivity index (χ2n) is 3.74. The van der Waals surface area contributed by atoms with Crippen LogP contribution in [0.15, 0.2) is 16.1 Å². The molecule has 8 nitrogen and oxygen atoms in total. The van der Waals surface area contributed by atoms with Gasteiger partial charge in [-0.1, -0.05) is 11.8 Å². The molecule has 0 unspecified atom stereocenters. The summed E-state index contributed by atoms with van der Waals surface area (Å²) in [7, 11) is 0. The number of H-pyrrole nitrogens is 1. The fraction of sp³-hybridized carbons (Fsp3) is 0.400. The van der Waals surface area contributed by atoms with Gasteiger partial charge in [-0.2, -0.15) is 0 Å². The van der Waals surface area contributed by atoms with Gasteiger partial charge >= 0.3 is 0 Å². The van der Waals surface area contributed by atoms with Gasteiger partial charge in [0.05, 0.1) is 18.5 Å². The van der Waals surface area contributed by atoms with E-state index in [9.17, 15) is 15.0 Å². The molecule has 2 rings (SSSR count). The van der Waals surface area contributed by atoms with Crippen LogP contribution in [0.1, 0.15) is 11.8 Å². The molecule has 4 N–H and O–H groups in total. The van der Waals surface area contributed by atoms with Crippen molar-refractivity contribution < 1.29 is 15.3 Å². The Balaban J connectivity index is 2.52. The van der Waals surface area contributed by atoms with Gasteiger partial charge in [-0.3, -0.25) is 9.78 Å². The largest absolute Gasteiger partial charge is 0.394 e. The van der Waals surface area contributed by atoms with Crippen molar-refractivity contribution in [1.29, 1.82) is 0 Å². The molecule has 0 saturated carbocycles. The van der Waals surface area contributed by atoms with Crippen LogP contribution >= 0.6 is 11.8 Å². The fourth-order valence-electron chi connectivity index (χ4n) is 1.45. The Labute approximate surface area is 111 Å². The lowest BCUT2D eigenvalue weighted by Crippen LogP contribution is -2.24. The van der Waals surface area contributed by atoms with Gasteiger partial charge in [0.2, 0.25) is 0 Å². The summed E-state index contributed by atoms with van der Waals surface area (Å²) in [5.41, 5.74) is -0.352. The molecule has 0 aliphatic heterocycles. The maximum atomic E-state index is 11.8. The Morgan fingerprint density at radius 1 is 1.42 bits per heavy atom. The van der Waals surface area contributed by atoms with E-state index < -0.39 is 24.4 Å². The molecule has 0 amide bonds. The van der Waals surface area contributed by atoms with Crippen molar-refractivity contribution in [2.24, 2.45) is 0 Å². The van der Waals surface area contributed by atoms with Crippen LogP contribution < -0.4 is 5.56 Å². The molecule has 0 aliphatic rings. The third-order valence-corrected chi connectivity index (χ3v) is 3.04. The molecular formula is C10H12N4O4S. The summed E-state index contributed by atoms with van der Waals surface area (Å²) >= 11 is 1.26. The normalized spacial score (nSPS) is 14.5. The highest BCUT2D eigenvalue weighted by atomic mass is 32.2. The van der Waals surface area contributed by atoms with Crippen molar-refractivity contribution >= 4 is 22.9 Å². The van der Waals surface area contributed by atoms with Crippen LogP contribution in [0.5, 0.6) is 0 Å². The highest BCUT2D eigenvalue weighted by Gasteiger charge is 2.20. The lowest BCUT2D eigenvalue weighted by molar-refractivity contribution is -0.0173. The number of nitrogens with zero attached hydrogens (tertiary/aromatic N) is 3. The molecule has 9 heteroatoms. The minimum atomic E-state index is -1.42. The van der Waals surface area contributed by atoms with Crippen molar-refractivity contribution in [3.05, 3.63) is 22.2 Å².